The van der Waals surface area contributed by atoms with Crippen LogP contribution in [0.5, 0.6) is 5.75 Å². The average molecular weight is 510 g/mol. The van der Waals surface area contributed by atoms with Gasteiger partial charge in [0.25, 0.3) is 11.5 Å². The zero-order valence-corrected chi connectivity index (χ0v) is 19.0. The largest absolute Gasteiger partial charge is 0.490 e. The molecule has 192 valence electrons. The number of carbonyl (C=O) groups is 1. The molecule has 3 aromatic rings. The third-order valence-corrected chi connectivity index (χ3v) is 6.48. The fourth-order valence-electron chi connectivity index (χ4n) is 4.95. The summed E-state index contributed by atoms with van der Waals surface area (Å²) in [7, 11) is 0. The summed E-state index contributed by atoms with van der Waals surface area (Å²) in [6, 6.07) is 3.85. The molecule has 2 saturated heterocycles. The van der Waals surface area contributed by atoms with Crippen molar-refractivity contribution in [3.8, 4) is 5.75 Å². The maximum absolute atomic E-state index is 13.1. The lowest BCUT2D eigenvalue weighted by Crippen LogP contribution is -2.45. The quantitative estimate of drug-likeness (QED) is 0.349. The van der Waals surface area contributed by atoms with Gasteiger partial charge in [-0.05, 0) is 31.9 Å². The molecule has 9 nitrogen and oxygen atoms in total. The molecule has 1 saturated carbocycles. The van der Waals surface area contributed by atoms with Gasteiger partial charge in [0.2, 0.25) is 0 Å². The maximum Gasteiger partial charge on any atom is 0.345 e. The summed E-state index contributed by atoms with van der Waals surface area (Å²) in [5.41, 5.74) is -0.676. The molecule has 0 aromatic carbocycles. The van der Waals surface area contributed by atoms with Crippen molar-refractivity contribution in [2.75, 3.05) is 25.1 Å². The maximum atomic E-state index is 13.1. The fourth-order valence-corrected chi connectivity index (χ4v) is 4.95. The second-order valence-electron chi connectivity index (χ2n) is 9.16. The first-order chi connectivity index (χ1) is 17.1. The number of aromatic nitrogens is 3. The number of anilines is 1. The van der Waals surface area contributed by atoms with Gasteiger partial charge in [0.05, 0.1) is 30.1 Å². The molecule has 1 N–H and O–H groups in total. The predicted octanol–water partition coefficient (Wildman–Crippen LogP) is 3.58. The van der Waals surface area contributed by atoms with Crippen LogP contribution >= 0.6 is 0 Å². The first-order valence-corrected chi connectivity index (χ1v) is 11.1. The second-order valence-corrected chi connectivity index (χ2v) is 9.16. The Morgan fingerprint density at radius 2 is 2.03 bits per heavy atom. The topological polar surface area (TPSA) is 96.1 Å². The molecule has 0 spiro atoms. The lowest BCUT2D eigenvalue weighted by Gasteiger charge is -2.41. The van der Waals surface area contributed by atoms with E-state index in [1.807, 2.05) is 6.92 Å². The lowest BCUT2D eigenvalue weighted by molar-refractivity contribution is -0.133. The summed E-state index contributed by atoms with van der Waals surface area (Å²) < 4.78 is 68.1. The Morgan fingerprint density at radius 1 is 1.25 bits per heavy atom. The van der Waals surface area contributed by atoms with Crippen LogP contribution in [0, 0.1) is 0 Å². The zero-order valence-electron chi connectivity index (χ0n) is 19.0. The Balaban J connectivity index is 1.47. The Labute approximate surface area is 201 Å². The summed E-state index contributed by atoms with van der Waals surface area (Å²) >= 11 is 0. The monoisotopic (exact) mass is 510 g/mol. The number of alkyl halides is 4. The minimum Gasteiger partial charge on any atom is -0.490 e. The number of pyridine rings is 2. The average Bonchev–Trinajstić information content (AvgIpc) is 3.47. The third kappa shape index (κ3) is 4.32. The number of nitrogens with one attached hydrogen (secondary N) is 1. The minimum atomic E-state index is -3.09. The number of rotatable bonds is 9. The molecule has 2 aliphatic heterocycles. The van der Waals surface area contributed by atoms with E-state index in [0.29, 0.717) is 12.3 Å². The zero-order chi connectivity index (χ0) is 25.7. The van der Waals surface area contributed by atoms with E-state index in [-0.39, 0.29) is 39.2 Å². The Hall–Kier alpha value is -3.45. The van der Waals surface area contributed by atoms with E-state index < -0.39 is 31.2 Å². The van der Waals surface area contributed by atoms with Crippen LogP contribution in [0.25, 0.3) is 5.65 Å². The number of hydrogen-bond donors (Lipinski definition) is 1. The van der Waals surface area contributed by atoms with Gasteiger partial charge in [0.15, 0.2) is 0 Å². The number of carbonyl (C=O) groups excluding carboxylic acids is 1. The molecule has 6 rings (SSSR count). The SMILES string of the molecule is CC12CC(c3cn4cc(C(=O)Nc5cccn(C(F)F)c5=O)c(OCCOC(F)F)cc4n3)(CO1)C2. The number of halogens is 4. The van der Waals surface area contributed by atoms with Crippen LogP contribution in [0.2, 0.25) is 0 Å². The number of fused-ring (bicyclic) bond motifs is 2. The minimum absolute atomic E-state index is 0.00116. The fraction of sp³-hybridized carbons (Fsp3) is 0.435. The van der Waals surface area contributed by atoms with Crippen molar-refractivity contribution in [2.45, 2.75) is 43.9 Å². The van der Waals surface area contributed by atoms with Crippen molar-refractivity contribution in [3.63, 3.8) is 0 Å². The number of ether oxygens (including phenoxy) is 3. The normalized spacial score (nSPS) is 22.9. The molecule has 3 fully saturated rings. The smallest absolute Gasteiger partial charge is 0.345 e. The van der Waals surface area contributed by atoms with Crippen molar-refractivity contribution in [1.82, 2.24) is 14.0 Å². The van der Waals surface area contributed by atoms with Gasteiger partial charge in [0, 0.05) is 30.1 Å². The number of nitrogens with zero attached hydrogens (tertiary/aromatic N) is 3. The Morgan fingerprint density at radius 3 is 2.69 bits per heavy atom. The van der Waals surface area contributed by atoms with Crippen LogP contribution in [-0.2, 0) is 14.9 Å². The first-order valence-electron chi connectivity index (χ1n) is 11.1. The van der Waals surface area contributed by atoms with Crippen LogP contribution in [0.1, 0.15) is 42.4 Å². The summed E-state index contributed by atoms with van der Waals surface area (Å²) in [6.45, 7) is -4.25. The van der Waals surface area contributed by atoms with Crippen molar-refractivity contribution in [2.24, 2.45) is 0 Å². The highest BCUT2D eigenvalue weighted by atomic mass is 19.3. The predicted molar refractivity (Wildman–Crippen MR) is 118 cm³/mol. The van der Waals surface area contributed by atoms with Gasteiger partial charge in [0.1, 0.15) is 23.7 Å². The first kappa shape index (κ1) is 24.3. The molecule has 3 aromatic heterocycles. The Bertz CT molecular complexity index is 1370. The molecule has 36 heavy (non-hydrogen) atoms. The van der Waals surface area contributed by atoms with Crippen LogP contribution in [-0.4, -0.2) is 51.9 Å². The highest BCUT2D eigenvalue weighted by Gasteiger charge is 2.61. The summed E-state index contributed by atoms with van der Waals surface area (Å²) in [5, 5.41) is 2.33. The lowest BCUT2D eigenvalue weighted by atomic mass is 9.62. The Kier molecular flexibility index (Phi) is 5.99. The summed E-state index contributed by atoms with van der Waals surface area (Å²) in [5.74, 6) is -0.821. The van der Waals surface area contributed by atoms with E-state index in [1.165, 1.54) is 24.4 Å². The molecule has 5 heterocycles. The van der Waals surface area contributed by atoms with Crippen molar-refractivity contribution < 1.29 is 36.6 Å². The van der Waals surface area contributed by atoms with Gasteiger partial charge in [-0.2, -0.15) is 17.6 Å². The van der Waals surface area contributed by atoms with Crippen molar-refractivity contribution >= 4 is 17.2 Å². The van der Waals surface area contributed by atoms with E-state index in [9.17, 15) is 27.2 Å². The molecule has 1 amide bonds. The van der Waals surface area contributed by atoms with Gasteiger partial charge in [-0.1, -0.05) is 0 Å². The molecule has 0 atom stereocenters. The molecule has 3 aliphatic rings. The molecule has 1 aliphatic carbocycles. The van der Waals surface area contributed by atoms with Crippen molar-refractivity contribution in [1.29, 1.82) is 0 Å². The van der Waals surface area contributed by atoms with E-state index in [0.717, 1.165) is 24.7 Å². The van der Waals surface area contributed by atoms with Crippen LogP contribution in [0.15, 0.2) is 41.6 Å². The van der Waals surface area contributed by atoms with Crippen molar-refractivity contribution in [3.05, 3.63) is 58.4 Å². The summed E-state index contributed by atoms with van der Waals surface area (Å²) in [4.78, 5) is 30.1. The molecule has 0 radical (unpaired) electrons. The van der Waals surface area contributed by atoms with Gasteiger partial charge >= 0.3 is 13.2 Å². The molecule has 2 bridgehead atoms. The molecular formula is C23H22F4N4O5. The van der Waals surface area contributed by atoms with Gasteiger partial charge in [-0.3, -0.25) is 14.2 Å². The molecular weight excluding hydrogens is 488 g/mol. The van der Waals surface area contributed by atoms with Crippen LogP contribution in [0.4, 0.5) is 23.2 Å². The number of amides is 1. The van der Waals surface area contributed by atoms with Crippen LogP contribution in [0.3, 0.4) is 0 Å². The van der Waals surface area contributed by atoms with E-state index in [1.54, 1.807) is 10.6 Å². The number of hydrogen-bond acceptors (Lipinski definition) is 6. The molecule has 0 unspecified atom stereocenters. The van der Waals surface area contributed by atoms with E-state index in [4.69, 9.17) is 9.47 Å². The highest BCUT2D eigenvalue weighted by Crippen LogP contribution is 2.58. The summed E-state index contributed by atoms with van der Waals surface area (Å²) in [6.07, 6.45) is 5.72. The standard InChI is InChI=1S/C23H22F4N4O5/c1-22-10-23(11-22,12-36-22)16-9-30-8-13(15(7-17(30)29-16)34-5-6-35-21(26)27)18(32)28-14-3-2-4-31(19(14)33)20(24)25/h2-4,7-9,20-21H,5-6,10-12H2,1H3,(H,28,32). The third-order valence-electron chi connectivity index (χ3n) is 6.48. The van der Waals surface area contributed by atoms with E-state index >= 15 is 0 Å². The van der Waals surface area contributed by atoms with Gasteiger partial charge < -0.3 is 23.9 Å². The highest BCUT2D eigenvalue weighted by molar-refractivity contribution is 6.06. The van der Waals surface area contributed by atoms with Crippen LogP contribution < -0.4 is 15.6 Å². The van der Waals surface area contributed by atoms with E-state index in [2.05, 4.69) is 15.0 Å². The van der Waals surface area contributed by atoms with Gasteiger partial charge in [-0.15, -0.1) is 0 Å². The molecule has 13 heteroatoms. The van der Waals surface area contributed by atoms with Gasteiger partial charge in [-0.25, -0.2) is 4.98 Å². The number of imidazole rings is 1. The second kappa shape index (κ2) is 8.89.